The van der Waals surface area contributed by atoms with Gasteiger partial charge in [0.25, 0.3) is 0 Å². The van der Waals surface area contributed by atoms with Crippen molar-refractivity contribution in [3.8, 4) is 0 Å². The van der Waals surface area contributed by atoms with Crippen LogP contribution in [0.2, 0.25) is 0 Å². The minimum Gasteiger partial charge on any atom is -0.383 e. The van der Waals surface area contributed by atoms with Crippen molar-refractivity contribution in [2.45, 2.75) is 25.9 Å². The summed E-state index contributed by atoms with van der Waals surface area (Å²) in [4.78, 5) is 0. The average Bonchev–Trinajstić information content (AvgIpc) is 2.94. The number of hydrogen-bond acceptors (Lipinski definition) is 5. The van der Waals surface area contributed by atoms with E-state index in [0.717, 1.165) is 44.8 Å². The third-order valence-electron chi connectivity index (χ3n) is 3.97. The van der Waals surface area contributed by atoms with Crippen LogP contribution >= 0.6 is 0 Å². The summed E-state index contributed by atoms with van der Waals surface area (Å²) < 4.78 is 12.6. The molecule has 1 aromatic rings. The molecular weight excluding hydrogens is 244 g/mol. The molecule has 0 amide bonds. The highest BCUT2D eigenvalue weighted by molar-refractivity contribution is 5.03. The van der Waals surface area contributed by atoms with Gasteiger partial charge in [0, 0.05) is 51.9 Å². The van der Waals surface area contributed by atoms with E-state index in [0.29, 0.717) is 0 Å². The standard InChI is InChI=1S/C13H24N4O2/c1-11-13(4-6-19-11,10-14-5-7-18-3)8-12-9-17(2)16-15-12/h9,11,14H,4-8,10H2,1-3H3. The van der Waals surface area contributed by atoms with E-state index in [4.69, 9.17) is 9.47 Å². The largest absolute Gasteiger partial charge is 0.383 e. The Bertz CT molecular complexity index is 396. The van der Waals surface area contributed by atoms with Gasteiger partial charge in [-0.05, 0) is 13.3 Å². The molecule has 2 rings (SSSR count). The van der Waals surface area contributed by atoms with E-state index < -0.39 is 0 Å². The lowest BCUT2D eigenvalue weighted by atomic mass is 9.77. The summed E-state index contributed by atoms with van der Waals surface area (Å²) in [5.74, 6) is 0. The Hall–Kier alpha value is -0.980. The molecule has 1 aliphatic heterocycles. The van der Waals surface area contributed by atoms with Crippen molar-refractivity contribution in [1.82, 2.24) is 20.3 Å². The maximum atomic E-state index is 5.78. The van der Waals surface area contributed by atoms with Crippen LogP contribution in [0.4, 0.5) is 0 Å². The molecule has 1 saturated heterocycles. The van der Waals surface area contributed by atoms with Gasteiger partial charge < -0.3 is 14.8 Å². The van der Waals surface area contributed by atoms with Gasteiger partial charge in [-0.2, -0.15) is 0 Å². The number of aromatic nitrogens is 3. The van der Waals surface area contributed by atoms with Crippen LogP contribution in [0.25, 0.3) is 0 Å². The Morgan fingerprint density at radius 1 is 1.63 bits per heavy atom. The summed E-state index contributed by atoms with van der Waals surface area (Å²) in [7, 11) is 3.62. The molecule has 0 aliphatic carbocycles. The van der Waals surface area contributed by atoms with Crippen molar-refractivity contribution in [2.75, 3.05) is 33.4 Å². The predicted molar refractivity (Wildman–Crippen MR) is 71.9 cm³/mol. The van der Waals surface area contributed by atoms with E-state index in [9.17, 15) is 0 Å². The molecule has 0 aromatic carbocycles. The average molecular weight is 268 g/mol. The van der Waals surface area contributed by atoms with Crippen LogP contribution in [0, 0.1) is 5.41 Å². The molecule has 1 aromatic heterocycles. The second-order valence-electron chi connectivity index (χ2n) is 5.36. The quantitative estimate of drug-likeness (QED) is 0.725. The lowest BCUT2D eigenvalue weighted by Crippen LogP contribution is -2.42. The molecule has 6 heteroatoms. The number of nitrogens with zero attached hydrogens (tertiary/aromatic N) is 3. The number of nitrogens with one attached hydrogen (secondary N) is 1. The number of hydrogen-bond donors (Lipinski definition) is 1. The van der Waals surface area contributed by atoms with Crippen molar-refractivity contribution in [3.63, 3.8) is 0 Å². The van der Waals surface area contributed by atoms with Gasteiger partial charge in [-0.3, -0.25) is 4.68 Å². The Balaban J connectivity index is 1.98. The highest BCUT2D eigenvalue weighted by atomic mass is 16.5. The lowest BCUT2D eigenvalue weighted by molar-refractivity contribution is 0.0615. The first-order chi connectivity index (χ1) is 9.16. The maximum absolute atomic E-state index is 5.78. The van der Waals surface area contributed by atoms with Crippen LogP contribution in [-0.2, 0) is 22.9 Å². The number of aryl methyl sites for hydroxylation is 1. The maximum Gasteiger partial charge on any atom is 0.0834 e. The Morgan fingerprint density at radius 3 is 3.05 bits per heavy atom. The number of ether oxygens (including phenoxy) is 2. The minimum absolute atomic E-state index is 0.115. The van der Waals surface area contributed by atoms with Gasteiger partial charge in [-0.15, -0.1) is 5.10 Å². The van der Waals surface area contributed by atoms with Gasteiger partial charge in [-0.25, -0.2) is 0 Å². The van der Waals surface area contributed by atoms with Crippen LogP contribution in [0.3, 0.4) is 0 Å². The van der Waals surface area contributed by atoms with Crippen molar-refractivity contribution >= 4 is 0 Å². The summed E-state index contributed by atoms with van der Waals surface area (Å²) >= 11 is 0. The highest BCUT2D eigenvalue weighted by Crippen LogP contribution is 2.37. The molecule has 2 unspecified atom stereocenters. The van der Waals surface area contributed by atoms with Crippen LogP contribution < -0.4 is 5.32 Å². The molecule has 2 heterocycles. The van der Waals surface area contributed by atoms with Gasteiger partial charge in [-0.1, -0.05) is 5.21 Å². The Labute approximate surface area is 114 Å². The van der Waals surface area contributed by atoms with Crippen LogP contribution in [0.1, 0.15) is 19.0 Å². The molecule has 6 nitrogen and oxygen atoms in total. The number of rotatable bonds is 7. The second-order valence-corrected chi connectivity index (χ2v) is 5.36. The topological polar surface area (TPSA) is 61.2 Å². The van der Waals surface area contributed by atoms with E-state index in [2.05, 4.69) is 22.6 Å². The summed E-state index contributed by atoms with van der Waals surface area (Å²) in [6.45, 7) is 5.50. The van der Waals surface area contributed by atoms with Crippen molar-refractivity contribution in [1.29, 1.82) is 0 Å². The molecule has 0 spiro atoms. The summed E-state index contributed by atoms with van der Waals surface area (Å²) in [5.41, 5.74) is 1.15. The van der Waals surface area contributed by atoms with Crippen LogP contribution in [0.5, 0.6) is 0 Å². The van der Waals surface area contributed by atoms with Crippen molar-refractivity contribution in [2.24, 2.45) is 12.5 Å². The molecule has 0 saturated carbocycles. The van der Waals surface area contributed by atoms with E-state index in [-0.39, 0.29) is 11.5 Å². The smallest absolute Gasteiger partial charge is 0.0834 e. The first kappa shape index (κ1) is 14.4. The third-order valence-corrected chi connectivity index (χ3v) is 3.97. The molecule has 108 valence electrons. The predicted octanol–water partition coefficient (Wildman–Crippen LogP) is 0.389. The van der Waals surface area contributed by atoms with Gasteiger partial charge in [0.05, 0.1) is 18.4 Å². The van der Waals surface area contributed by atoms with E-state index in [1.165, 1.54) is 0 Å². The van der Waals surface area contributed by atoms with Gasteiger partial charge in [0.2, 0.25) is 0 Å². The number of methoxy groups -OCH3 is 1. The molecule has 0 radical (unpaired) electrons. The summed E-state index contributed by atoms with van der Waals surface area (Å²) in [6.07, 6.45) is 4.19. The zero-order valence-electron chi connectivity index (χ0n) is 12.1. The van der Waals surface area contributed by atoms with Gasteiger partial charge >= 0.3 is 0 Å². The minimum atomic E-state index is 0.115. The third kappa shape index (κ3) is 3.52. The molecule has 19 heavy (non-hydrogen) atoms. The summed E-state index contributed by atoms with van der Waals surface area (Å²) in [5, 5.41) is 11.7. The lowest BCUT2D eigenvalue weighted by Gasteiger charge is -2.31. The molecule has 1 N–H and O–H groups in total. The van der Waals surface area contributed by atoms with Gasteiger partial charge in [0.1, 0.15) is 0 Å². The fourth-order valence-corrected chi connectivity index (χ4v) is 2.69. The fraction of sp³-hybridized carbons (Fsp3) is 0.846. The van der Waals surface area contributed by atoms with E-state index >= 15 is 0 Å². The first-order valence-electron chi connectivity index (χ1n) is 6.83. The molecule has 1 aliphatic rings. The Morgan fingerprint density at radius 2 is 2.47 bits per heavy atom. The van der Waals surface area contributed by atoms with Gasteiger partial charge in [0.15, 0.2) is 0 Å². The second kappa shape index (κ2) is 6.45. The SMILES string of the molecule is COCCNCC1(Cc2cn(C)nn2)CCOC1C. The zero-order valence-corrected chi connectivity index (χ0v) is 12.1. The van der Waals surface area contributed by atoms with Crippen LogP contribution in [0.15, 0.2) is 6.20 Å². The highest BCUT2D eigenvalue weighted by Gasteiger charge is 2.41. The molecular formula is C13H24N4O2. The normalized spacial score (nSPS) is 27.0. The molecule has 2 atom stereocenters. The molecule has 1 fully saturated rings. The zero-order chi connectivity index (χ0) is 13.7. The van der Waals surface area contributed by atoms with Crippen molar-refractivity contribution in [3.05, 3.63) is 11.9 Å². The Kier molecular flexibility index (Phi) is 4.90. The monoisotopic (exact) mass is 268 g/mol. The first-order valence-corrected chi connectivity index (χ1v) is 6.83. The summed E-state index contributed by atoms with van der Waals surface area (Å²) in [6, 6.07) is 0. The van der Waals surface area contributed by atoms with Crippen LogP contribution in [-0.4, -0.2) is 54.5 Å². The van der Waals surface area contributed by atoms with E-state index in [1.807, 2.05) is 13.2 Å². The van der Waals surface area contributed by atoms with Crippen molar-refractivity contribution < 1.29 is 9.47 Å². The molecule has 0 bridgehead atoms. The fourth-order valence-electron chi connectivity index (χ4n) is 2.69. The van der Waals surface area contributed by atoms with E-state index in [1.54, 1.807) is 11.8 Å².